The van der Waals surface area contributed by atoms with Crippen LogP contribution in [0, 0.1) is 0 Å². The number of likely N-dealkylation sites (tertiary alicyclic amines) is 1. The highest BCUT2D eigenvalue weighted by molar-refractivity contribution is 6.71. The van der Waals surface area contributed by atoms with Crippen LogP contribution < -0.4 is 5.73 Å². The van der Waals surface area contributed by atoms with Gasteiger partial charge in [0.2, 0.25) is 14.2 Å². The van der Waals surface area contributed by atoms with E-state index < -0.39 is 14.4 Å². The van der Waals surface area contributed by atoms with Crippen LogP contribution in [0.4, 0.5) is 0 Å². The highest BCUT2D eigenvalue weighted by Gasteiger charge is 2.36. The molecule has 0 aromatic carbocycles. The molecular formula is C10H20N2O3Si. The summed E-state index contributed by atoms with van der Waals surface area (Å²) in [7, 11) is -1.88. The van der Waals surface area contributed by atoms with E-state index in [0.29, 0.717) is 13.0 Å². The third-order valence-electron chi connectivity index (χ3n) is 2.43. The minimum Gasteiger partial charge on any atom is -0.518 e. The third kappa shape index (κ3) is 3.31. The number of amides is 1. The summed E-state index contributed by atoms with van der Waals surface area (Å²) in [5.41, 5.74) is 5.31. The molecule has 1 amide bonds. The first-order chi connectivity index (χ1) is 7.35. The van der Waals surface area contributed by atoms with Gasteiger partial charge in [0.25, 0.3) is 0 Å². The first kappa shape index (κ1) is 13.2. The fourth-order valence-electron chi connectivity index (χ4n) is 1.80. The number of carbonyl (C=O) groups excluding carboxylic acids is 2. The minimum absolute atomic E-state index is 0.0449. The summed E-state index contributed by atoms with van der Waals surface area (Å²) in [6, 6.07) is -0.414. The zero-order valence-corrected chi connectivity index (χ0v) is 11.2. The number of nitrogens with zero attached hydrogens (tertiary/aromatic N) is 1. The lowest BCUT2D eigenvalue weighted by molar-refractivity contribution is -0.146. The predicted octanol–water partition coefficient (Wildman–Crippen LogP) is 0.314. The van der Waals surface area contributed by atoms with Crippen molar-refractivity contribution in [1.82, 2.24) is 4.90 Å². The number of rotatable bonds is 3. The molecule has 0 aromatic heterocycles. The average molecular weight is 244 g/mol. The molecule has 1 aliphatic rings. The van der Waals surface area contributed by atoms with E-state index in [1.165, 1.54) is 0 Å². The standard InChI is InChI=1S/C10H20N2O3Si/c1-16(2,3)15-10(14)8-5-4-6-12(8)9(13)7-11/h8H,4-7,11H2,1-3H3. The van der Waals surface area contributed by atoms with Crippen molar-refractivity contribution in [2.75, 3.05) is 13.1 Å². The Bertz CT molecular complexity index is 288. The van der Waals surface area contributed by atoms with E-state index in [4.69, 9.17) is 10.2 Å². The monoisotopic (exact) mass is 244 g/mol. The van der Waals surface area contributed by atoms with Crippen LogP contribution in [0.5, 0.6) is 0 Å². The quantitative estimate of drug-likeness (QED) is 0.725. The molecule has 1 heterocycles. The van der Waals surface area contributed by atoms with Gasteiger partial charge < -0.3 is 15.1 Å². The Hall–Kier alpha value is -0.883. The van der Waals surface area contributed by atoms with Crippen LogP contribution >= 0.6 is 0 Å². The van der Waals surface area contributed by atoms with Crippen LogP contribution in [0.2, 0.25) is 19.6 Å². The Labute approximate surface area is 97.1 Å². The zero-order chi connectivity index (χ0) is 12.3. The molecule has 2 N–H and O–H groups in total. The normalized spacial score (nSPS) is 21.0. The van der Waals surface area contributed by atoms with Crippen molar-refractivity contribution in [2.24, 2.45) is 5.73 Å². The second-order valence-corrected chi connectivity index (χ2v) is 9.41. The van der Waals surface area contributed by atoms with Crippen LogP contribution in [-0.2, 0) is 14.0 Å². The Kier molecular flexibility index (Phi) is 4.09. The van der Waals surface area contributed by atoms with E-state index in [1.54, 1.807) is 4.90 Å². The molecule has 6 heteroatoms. The van der Waals surface area contributed by atoms with E-state index in [9.17, 15) is 9.59 Å². The van der Waals surface area contributed by atoms with Gasteiger partial charge >= 0.3 is 5.97 Å². The molecule has 0 spiro atoms. The molecule has 1 fully saturated rings. The summed E-state index contributed by atoms with van der Waals surface area (Å²) >= 11 is 0. The Morgan fingerprint density at radius 1 is 1.44 bits per heavy atom. The van der Waals surface area contributed by atoms with Crippen molar-refractivity contribution in [3.05, 3.63) is 0 Å². The minimum atomic E-state index is -1.88. The molecule has 0 aromatic rings. The molecule has 0 aliphatic carbocycles. The van der Waals surface area contributed by atoms with Gasteiger partial charge in [-0.25, -0.2) is 0 Å². The summed E-state index contributed by atoms with van der Waals surface area (Å²) < 4.78 is 5.41. The smallest absolute Gasteiger partial charge is 0.315 e. The predicted molar refractivity (Wildman–Crippen MR) is 63.2 cm³/mol. The van der Waals surface area contributed by atoms with Gasteiger partial charge in [-0.2, -0.15) is 0 Å². The molecular weight excluding hydrogens is 224 g/mol. The van der Waals surface area contributed by atoms with Crippen LogP contribution in [-0.4, -0.2) is 44.2 Å². The van der Waals surface area contributed by atoms with Gasteiger partial charge in [0.1, 0.15) is 6.04 Å². The molecule has 0 radical (unpaired) electrons. The van der Waals surface area contributed by atoms with Crippen LogP contribution in [0.25, 0.3) is 0 Å². The van der Waals surface area contributed by atoms with E-state index in [-0.39, 0.29) is 18.4 Å². The molecule has 1 atom stereocenters. The largest absolute Gasteiger partial charge is 0.518 e. The lowest BCUT2D eigenvalue weighted by atomic mass is 10.2. The maximum atomic E-state index is 11.9. The summed E-state index contributed by atoms with van der Waals surface area (Å²) in [5.74, 6) is -0.437. The number of nitrogens with two attached hydrogens (primary N) is 1. The first-order valence-corrected chi connectivity index (χ1v) is 8.98. The summed E-state index contributed by atoms with van der Waals surface area (Å²) in [4.78, 5) is 24.9. The molecule has 1 unspecified atom stereocenters. The van der Waals surface area contributed by atoms with Gasteiger partial charge in [0.05, 0.1) is 6.54 Å². The fraction of sp³-hybridized carbons (Fsp3) is 0.800. The van der Waals surface area contributed by atoms with Crippen molar-refractivity contribution in [1.29, 1.82) is 0 Å². The van der Waals surface area contributed by atoms with E-state index in [2.05, 4.69) is 0 Å². The molecule has 1 aliphatic heterocycles. The zero-order valence-electron chi connectivity index (χ0n) is 10.2. The second-order valence-electron chi connectivity index (χ2n) is 4.98. The SMILES string of the molecule is C[Si](C)(C)OC(=O)C1CCCN1C(=O)CN. The maximum absolute atomic E-state index is 11.9. The summed E-state index contributed by atoms with van der Waals surface area (Å²) in [5, 5.41) is 0. The maximum Gasteiger partial charge on any atom is 0.315 e. The van der Waals surface area contributed by atoms with Gasteiger partial charge in [-0.15, -0.1) is 0 Å². The van der Waals surface area contributed by atoms with Crippen LogP contribution in [0.15, 0.2) is 0 Å². The molecule has 1 saturated heterocycles. The lowest BCUT2D eigenvalue weighted by Gasteiger charge is -2.26. The Balaban J connectivity index is 2.65. The molecule has 5 nitrogen and oxygen atoms in total. The number of hydrogen-bond acceptors (Lipinski definition) is 4. The highest BCUT2D eigenvalue weighted by atomic mass is 28.4. The lowest BCUT2D eigenvalue weighted by Crippen LogP contribution is -2.46. The van der Waals surface area contributed by atoms with Gasteiger partial charge in [-0.1, -0.05) is 0 Å². The van der Waals surface area contributed by atoms with Gasteiger partial charge in [0.15, 0.2) is 0 Å². The Morgan fingerprint density at radius 3 is 2.56 bits per heavy atom. The highest BCUT2D eigenvalue weighted by Crippen LogP contribution is 2.20. The van der Waals surface area contributed by atoms with Crippen molar-refractivity contribution >= 4 is 20.2 Å². The molecule has 0 bridgehead atoms. The van der Waals surface area contributed by atoms with Crippen molar-refractivity contribution in [3.63, 3.8) is 0 Å². The third-order valence-corrected chi connectivity index (χ3v) is 3.24. The molecule has 1 rings (SSSR count). The second kappa shape index (κ2) is 4.97. The summed E-state index contributed by atoms with van der Waals surface area (Å²) in [6.45, 7) is 6.43. The number of carbonyl (C=O) groups is 2. The van der Waals surface area contributed by atoms with Crippen molar-refractivity contribution < 1.29 is 14.0 Å². The molecule has 16 heavy (non-hydrogen) atoms. The summed E-state index contributed by atoms with van der Waals surface area (Å²) in [6.07, 6.45) is 1.53. The topological polar surface area (TPSA) is 72.6 Å². The molecule has 92 valence electrons. The van der Waals surface area contributed by atoms with Gasteiger partial charge in [-0.3, -0.25) is 9.59 Å². The van der Waals surface area contributed by atoms with E-state index >= 15 is 0 Å². The van der Waals surface area contributed by atoms with E-state index in [1.807, 2.05) is 19.6 Å². The van der Waals surface area contributed by atoms with Gasteiger partial charge in [-0.05, 0) is 32.5 Å². The van der Waals surface area contributed by atoms with E-state index in [0.717, 1.165) is 6.42 Å². The molecule has 0 saturated carbocycles. The first-order valence-electron chi connectivity index (χ1n) is 5.57. The number of hydrogen-bond donors (Lipinski definition) is 1. The Morgan fingerprint density at radius 2 is 2.06 bits per heavy atom. The van der Waals surface area contributed by atoms with Crippen molar-refractivity contribution in [2.45, 2.75) is 38.5 Å². The van der Waals surface area contributed by atoms with Crippen LogP contribution in [0.3, 0.4) is 0 Å². The van der Waals surface area contributed by atoms with Crippen molar-refractivity contribution in [3.8, 4) is 0 Å². The van der Waals surface area contributed by atoms with Gasteiger partial charge in [0, 0.05) is 6.54 Å². The average Bonchev–Trinajstić information content (AvgIpc) is 2.62. The fourth-order valence-corrected chi connectivity index (χ4v) is 2.54. The van der Waals surface area contributed by atoms with Crippen LogP contribution in [0.1, 0.15) is 12.8 Å².